The summed E-state index contributed by atoms with van der Waals surface area (Å²) in [7, 11) is 0. The van der Waals surface area contributed by atoms with Gasteiger partial charge in [0, 0.05) is 18.8 Å². The summed E-state index contributed by atoms with van der Waals surface area (Å²) in [6.45, 7) is 1.58. The van der Waals surface area contributed by atoms with Crippen molar-refractivity contribution in [1.29, 1.82) is 0 Å². The minimum atomic E-state index is -0.582. The van der Waals surface area contributed by atoms with E-state index in [0.717, 1.165) is 24.2 Å². The Bertz CT molecular complexity index is 948. The minimum Gasteiger partial charge on any atom is -0.486 e. The summed E-state index contributed by atoms with van der Waals surface area (Å²) in [4.78, 5) is 39.6. The Hall–Kier alpha value is -3.03. The van der Waals surface area contributed by atoms with Crippen LogP contribution in [0.2, 0.25) is 0 Å². The third-order valence-corrected chi connectivity index (χ3v) is 4.73. The zero-order valence-electron chi connectivity index (χ0n) is 14.1. The van der Waals surface area contributed by atoms with Gasteiger partial charge in [0.2, 0.25) is 5.91 Å². The van der Waals surface area contributed by atoms with Crippen molar-refractivity contribution in [3.63, 3.8) is 0 Å². The maximum absolute atomic E-state index is 12.7. The Morgan fingerprint density at radius 1 is 1.15 bits per heavy atom. The third-order valence-electron chi connectivity index (χ3n) is 4.73. The molecule has 0 saturated carbocycles. The molecule has 4 rings (SSSR count). The number of fused-ring (bicyclic) bond motifs is 1. The number of nitrogens with zero attached hydrogens (tertiary/aromatic N) is 2. The van der Waals surface area contributed by atoms with Crippen molar-refractivity contribution < 1.29 is 14.3 Å². The van der Waals surface area contributed by atoms with Crippen LogP contribution in [0.4, 0.5) is 0 Å². The second-order valence-corrected chi connectivity index (χ2v) is 6.39. The number of benzene rings is 1. The smallest absolute Gasteiger partial charge is 0.328 e. The first-order chi connectivity index (χ1) is 12.6. The first kappa shape index (κ1) is 16.4. The number of ether oxygens (including phenoxy) is 2. The lowest BCUT2D eigenvalue weighted by Gasteiger charge is -2.27. The summed E-state index contributed by atoms with van der Waals surface area (Å²) < 4.78 is 12.4. The fourth-order valence-corrected chi connectivity index (χ4v) is 3.48. The van der Waals surface area contributed by atoms with Gasteiger partial charge in [-0.2, -0.15) is 0 Å². The van der Waals surface area contributed by atoms with Crippen molar-refractivity contribution in [1.82, 2.24) is 14.5 Å². The number of hydrogen-bond acceptors (Lipinski definition) is 5. The lowest BCUT2D eigenvalue weighted by molar-refractivity contribution is -0.132. The average molecular weight is 357 g/mol. The van der Waals surface area contributed by atoms with Gasteiger partial charge in [0.15, 0.2) is 11.5 Å². The summed E-state index contributed by atoms with van der Waals surface area (Å²) in [5.41, 5.74) is -0.0659. The number of H-pyrrole nitrogens is 1. The van der Waals surface area contributed by atoms with E-state index < -0.39 is 11.2 Å². The van der Waals surface area contributed by atoms with Crippen LogP contribution in [-0.4, -0.2) is 40.1 Å². The molecule has 1 unspecified atom stereocenters. The lowest BCUT2D eigenvalue weighted by atomic mass is 10.0. The first-order valence-electron chi connectivity index (χ1n) is 8.60. The molecular formula is C18H19N3O5. The van der Waals surface area contributed by atoms with Gasteiger partial charge < -0.3 is 14.4 Å². The summed E-state index contributed by atoms with van der Waals surface area (Å²) in [6.07, 6.45) is 3.09. The molecule has 8 nitrogen and oxygen atoms in total. The van der Waals surface area contributed by atoms with E-state index in [1.54, 1.807) is 4.90 Å². The van der Waals surface area contributed by atoms with Crippen molar-refractivity contribution >= 4 is 5.91 Å². The molecule has 0 aliphatic carbocycles. The Morgan fingerprint density at radius 2 is 1.96 bits per heavy atom. The Balaban J connectivity index is 1.55. The Kier molecular flexibility index (Phi) is 4.24. The van der Waals surface area contributed by atoms with Crippen molar-refractivity contribution in [3.05, 3.63) is 56.9 Å². The van der Waals surface area contributed by atoms with Crippen molar-refractivity contribution in [3.8, 4) is 11.5 Å². The molecule has 0 spiro atoms. The average Bonchev–Trinajstić information content (AvgIpc) is 3.13. The van der Waals surface area contributed by atoms with Crippen LogP contribution in [0.25, 0.3) is 0 Å². The van der Waals surface area contributed by atoms with Crippen LogP contribution in [-0.2, 0) is 11.3 Å². The van der Waals surface area contributed by atoms with Crippen molar-refractivity contribution in [2.24, 2.45) is 0 Å². The van der Waals surface area contributed by atoms with Gasteiger partial charge in [-0.1, -0.05) is 6.07 Å². The van der Waals surface area contributed by atoms with E-state index in [0.29, 0.717) is 25.5 Å². The largest absolute Gasteiger partial charge is 0.486 e. The highest BCUT2D eigenvalue weighted by Gasteiger charge is 2.31. The van der Waals surface area contributed by atoms with E-state index in [4.69, 9.17) is 9.47 Å². The number of amides is 1. The van der Waals surface area contributed by atoms with E-state index in [1.165, 1.54) is 16.8 Å². The third kappa shape index (κ3) is 3.10. The van der Waals surface area contributed by atoms with Crippen molar-refractivity contribution in [2.75, 3.05) is 19.8 Å². The number of aromatic amines is 1. The molecule has 1 fully saturated rings. The molecule has 1 atom stereocenters. The van der Waals surface area contributed by atoms with E-state index in [-0.39, 0.29) is 18.5 Å². The maximum Gasteiger partial charge on any atom is 0.328 e. The molecule has 8 heteroatoms. The Morgan fingerprint density at radius 3 is 2.77 bits per heavy atom. The van der Waals surface area contributed by atoms with Crippen LogP contribution < -0.4 is 20.7 Å². The molecule has 1 amide bonds. The summed E-state index contributed by atoms with van der Waals surface area (Å²) in [6, 6.07) is 6.93. The first-order valence-corrected chi connectivity index (χ1v) is 8.60. The maximum atomic E-state index is 12.7. The van der Waals surface area contributed by atoms with Gasteiger partial charge in [0.25, 0.3) is 5.56 Å². The van der Waals surface area contributed by atoms with Crippen LogP contribution in [0, 0.1) is 0 Å². The fourth-order valence-electron chi connectivity index (χ4n) is 3.48. The van der Waals surface area contributed by atoms with Gasteiger partial charge in [0.1, 0.15) is 19.8 Å². The number of carbonyl (C=O) groups is 1. The Labute approximate surface area is 149 Å². The molecule has 0 bridgehead atoms. The molecule has 1 aromatic carbocycles. The van der Waals surface area contributed by atoms with Crippen LogP contribution in [0.5, 0.6) is 11.5 Å². The second-order valence-electron chi connectivity index (χ2n) is 6.39. The molecule has 2 aliphatic rings. The van der Waals surface area contributed by atoms with Gasteiger partial charge >= 0.3 is 5.69 Å². The highest BCUT2D eigenvalue weighted by Crippen LogP contribution is 2.38. The number of likely N-dealkylation sites (tertiary alicyclic amines) is 1. The van der Waals surface area contributed by atoms with Gasteiger partial charge in [-0.05, 0) is 30.5 Å². The molecule has 26 heavy (non-hydrogen) atoms. The normalized spacial score (nSPS) is 18.8. The van der Waals surface area contributed by atoms with E-state index in [9.17, 15) is 14.4 Å². The van der Waals surface area contributed by atoms with Crippen LogP contribution >= 0.6 is 0 Å². The van der Waals surface area contributed by atoms with E-state index >= 15 is 0 Å². The number of aromatic nitrogens is 2. The monoisotopic (exact) mass is 357 g/mol. The summed E-state index contributed by atoms with van der Waals surface area (Å²) in [5.74, 6) is 1.26. The molecule has 1 saturated heterocycles. The zero-order chi connectivity index (χ0) is 18.1. The number of rotatable bonds is 3. The predicted octanol–water partition coefficient (Wildman–Crippen LogP) is 0.671. The molecule has 136 valence electrons. The highest BCUT2D eigenvalue weighted by molar-refractivity contribution is 5.77. The van der Waals surface area contributed by atoms with Gasteiger partial charge in [0.05, 0.1) is 6.04 Å². The number of nitrogens with one attached hydrogen (secondary N) is 1. The van der Waals surface area contributed by atoms with Crippen LogP contribution in [0.3, 0.4) is 0 Å². The molecule has 2 aromatic rings. The zero-order valence-corrected chi connectivity index (χ0v) is 14.1. The second kappa shape index (κ2) is 6.70. The molecule has 1 aromatic heterocycles. The standard InChI is InChI=1S/C18H19N3O5/c22-16-5-7-20(18(24)19-16)11-17(23)21-6-1-2-13(21)12-3-4-14-15(10-12)26-9-8-25-14/h3-5,7,10,13H,1-2,6,8-9,11H2,(H,19,22,24). The number of carbonyl (C=O) groups excluding carboxylic acids is 1. The molecule has 3 heterocycles. The van der Waals surface area contributed by atoms with Crippen molar-refractivity contribution in [2.45, 2.75) is 25.4 Å². The molecule has 1 N–H and O–H groups in total. The predicted molar refractivity (Wildman–Crippen MR) is 92.4 cm³/mol. The quantitative estimate of drug-likeness (QED) is 0.871. The van der Waals surface area contributed by atoms with Gasteiger partial charge in [-0.15, -0.1) is 0 Å². The van der Waals surface area contributed by atoms with Gasteiger partial charge in [-0.25, -0.2) is 4.79 Å². The topological polar surface area (TPSA) is 93.6 Å². The molecule has 2 aliphatic heterocycles. The molecule has 0 radical (unpaired) electrons. The lowest BCUT2D eigenvalue weighted by Crippen LogP contribution is -2.38. The summed E-state index contributed by atoms with van der Waals surface area (Å²) in [5, 5.41) is 0. The number of hydrogen-bond donors (Lipinski definition) is 1. The molecular weight excluding hydrogens is 338 g/mol. The van der Waals surface area contributed by atoms with Crippen LogP contribution in [0.1, 0.15) is 24.4 Å². The SMILES string of the molecule is O=C(Cn1ccc(=O)[nH]c1=O)N1CCCC1c1ccc2c(c1)OCCO2. The van der Waals surface area contributed by atoms with Crippen LogP contribution in [0.15, 0.2) is 40.1 Å². The highest BCUT2D eigenvalue weighted by atomic mass is 16.6. The summed E-state index contributed by atoms with van der Waals surface area (Å²) >= 11 is 0. The van der Waals surface area contributed by atoms with E-state index in [2.05, 4.69) is 4.98 Å². The van der Waals surface area contributed by atoms with Gasteiger partial charge in [-0.3, -0.25) is 19.1 Å². The van der Waals surface area contributed by atoms with E-state index in [1.807, 2.05) is 18.2 Å². The minimum absolute atomic E-state index is 0.0585. The fraction of sp³-hybridized carbons (Fsp3) is 0.389.